The second-order valence-corrected chi connectivity index (χ2v) is 19.9. The van der Waals surface area contributed by atoms with Crippen LogP contribution in [0, 0.1) is 17.8 Å². The maximum atomic E-state index is 13.8. The molecular weight excluding hydrogens is 969 g/mol. The molecule has 0 spiro atoms. The number of hydrogen-bond donors (Lipinski definition) is 12. The molecule has 3 aromatic rings. The van der Waals surface area contributed by atoms with Crippen molar-refractivity contribution < 1.29 is 65.0 Å². The number of carboxylic acids is 4. The largest absolute Gasteiger partial charge is 0.481 e. The lowest BCUT2D eigenvalue weighted by atomic mass is 9.81. The molecule has 0 bridgehead atoms. The van der Waals surface area contributed by atoms with Crippen LogP contribution in [0.4, 0.5) is 4.79 Å². The van der Waals surface area contributed by atoms with Gasteiger partial charge in [0.25, 0.3) is 0 Å². The molecular formula is C54H76N8O13. The highest BCUT2D eigenvalue weighted by Gasteiger charge is 2.31. The lowest BCUT2D eigenvalue weighted by molar-refractivity contribution is -0.143. The summed E-state index contributed by atoms with van der Waals surface area (Å²) in [4.78, 5) is 112. The Labute approximate surface area is 438 Å². The fraction of sp³-hybridized carbons (Fsp3) is 0.537. The number of carbonyl (C=O) groups excluding carboxylic acids is 5. The van der Waals surface area contributed by atoms with Crippen LogP contribution in [0.3, 0.4) is 0 Å². The number of amides is 6. The number of nitrogens with one attached hydrogen (secondary N) is 7. The van der Waals surface area contributed by atoms with Crippen LogP contribution in [-0.2, 0) is 51.2 Å². The number of fused-ring (bicyclic) bond motifs is 1. The normalized spacial score (nSPS) is 16.9. The first-order valence-corrected chi connectivity index (χ1v) is 25.8. The summed E-state index contributed by atoms with van der Waals surface area (Å²) in [6.07, 6.45) is 2.91. The number of hydrogen-bond acceptors (Lipinski definition) is 11. The smallest absolute Gasteiger partial charge is 0.341 e. The Kier molecular flexibility index (Phi) is 24.2. The van der Waals surface area contributed by atoms with Gasteiger partial charge in [-0.2, -0.15) is 0 Å². The van der Waals surface area contributed by atoms with Crippen molar-refractivity contribution in [2.75, 3.05) is 19.6 Å². The summed E-state index contributed by atoms with van der Waals surface area (Å²) in [5.74, 6) is -7.24. The number of urea groups is 1. The van der Waals surface area contributed by atoms with Gasteiger partial charge in [-0.1, -0.05) is 87.0 Å². The lowest BCUT2D eigenvalue weighted by Crippen LogP contribution is -2.52. The van der Waals surface area contributed by atoms with Crippen LogP contribution in [-0.4, -0.2) is 124 Å². The third-order valence-corrected chi connectivity index (χ3v) is 13.4. The maximum absolute atomic E-state index is 13.8. The molecule has 6 unspecified atom stereocenters. The van der Waals surface area contributed by atoms with E-state index in [0.29, 0.717) is 63.8 Å². The van der Waals surface area contributed by atoms with E-state index in [1.165, 1.54) is 0 Å². The summed E-state index contributed by atoms with van der Waals surface area (Å²) in [5.41, 5.74) is 5.06. The number of aliphatic carboxylic acids is 4. The highest BCUT2D eigenvalue weighted by Crippen LogP contribution is 2.29. The van der Waals surface area contributed by atoms with Gasteiger partial charge in [0.15, 0.2) is 6.17 Å². The van der Waals surface area contributed by atoms with Crippen molar-refractivity contribution in [3.63, 3.8) is 0 Å². The first kappa shape index (κ1) is 58.8. The van der Waals surface area contributed by atoms with E-state index >= 15 is 0 Å². The monoisotopic (exact) mass is 1050 g/mol. The predicted molar refractivity (Wildman–Crippen MR) is 279 cm³/mol. The lowest BCUT2D eigenvalue weighted by Gasteiger charge is -2.29. The molecule has 75 heavy (non-hydrogen) atoms. The maximum Gasteiger partial charge on any atom is 0.341 e. The second kappa shape index (κ2) is 30.9. The summed E-state index contributed by atoms with van der Waals surface area (Å²) in [6, 6.07) is 15.4. The summed E-state index contributed by atoms with van der Waals surface area (Å²) >= 11 is 0. The van der Waals surface area contributed by atoms with E-state index in [-0.39, 0.29) is 56.0 Å². The van der Waals surface area contributed by atoms with Crippen LogP contribution in [0.1, 0.15) is 120 Å². The van der Waals surface area contributed by atoms with Crippen molar-refractivity contribution in [3.8, 4) is 0 Å². The molecule has 3 aromatic carbocycles. The fourth-order valence-electron chi connectivity index (χ4n) is 8.93. The van der Waals surface area contributed by atoms with Crippen LogP contribution < -0.4 is 42.9 Å². The number of carboxylic acid groups (broad SMARTS) is 4. The molecule has 13 N–H and O–H groups in total. The van der Waals surface area contributed by atoms with E-state index in [4.69, 9.17) is 6.52 Å². The van der Waals surface area contributed by atoms with Gasteiger partial charge in [-0.25, -0.2) is 19.2 Å². The molecule has 0 heterocycles. The SMILES string of the molecule is [2H]NC(CCCCNC(NC(=O)C(C)c1ccc(CC(C)C)cc1)C(=O)O)C(=O)NCC1CCC(C(=O)NC(Cc2ccc3ccccc3c2)C(=O)NCCCCC(NC(=O)NC(CCC(=O)O)C(=O)O)C(=O)O)CC1. The van der Waals surface area contributed by atoms with Crippen LogP contribution in [0.15, 0.2) is 66.7 Å². The first-order valence-electron chi connectivity index (χ1n) is 26.3. The zero-order chi connectivity index (χ0) is 55.7. The van der Waals surface area contributed by atoms with Crippen LogP contribution in [0.2, 0.25) is 1.41 Å². The minimum Gasteiger partial charge on any atom is -0.481 e. The average molecular weight is 1050 g/mol. The second-order valence-electron chi connectivity index (χ2n) is 19.9. The van der Waals surface area contributed by atoms with Gasteiger partial charge in [0.05, 0.1) is 12.0 Å². The standard InChI is InChI=1S/C54H76N8O13/c1-32(2)28-34-14-19-37(20-15-34)33(3)47(65)62-46(53(73)74)56-26-8-6-12-41(55)49(67)58-31-35-16-22-39(23-17-35)48(66)59-44(30-36-18-21-38-10-4-5-11-40(38)29-36)50(68)57-27-9-7-13-42(51(69)70)60-54(75)61-43(52(71)72)24-25-45(63)64/h4-5,10-11,14-15,18-21,29,32-33,35,39,41-44,46,56H,6-9,12-13,16-17,22-28,30-31,55H2,1-3H3,(H,57,68)(H,58,67)(H,59,66)(H,62,65)(H,63,64)(H,69,70)(H,71,72)(H,73,74)(H2,60,61,75)/i/hD. The molecule has 1 saturated carbocycles. The molecule has 6 atom stereocenters. The van der Waals surface area contributed by atoms with Crippen LogP contribution in [0.5, 0.6) is 0 Å². The third-order valence-electron chi connectivity index (χ3n) is 13.4. The Bertz CT molecular complexity index is 2430. The van der Waals surface area contributed by atoms with Crippen molar-refractivity contribution in [2.24, 2.45) is 23.5 Å². The van der Waals surface area contributed by atoms with E-state index < -0.39 is 90.8 Å². The zero-order valence-electron chi connectivity index (χ0n) is 44.0. The summed E-state index contributed by atoms with van der Waals surface area (Å²) < 4.78 is 7.78. The number of benzene rings is 3. The number of unbranched alkanes of at least 4 members (excludes halogenated alkanes) is 2. The molecule has 21 heteroatoms. The van der Waals surface area contributed by atoms with Gasteiger partial charge in [0.2, 0.25) is 23.6 Å². The molecule has 0 aromatic heterocycles. The Morgan fingerprint density at radius 3 is 1.87 bits per heavy atom. The Morgan fingerprint density at radius 2 is 1.24 bits per heavy atom. The third kappa shape index (κ3) is 21.3. The van der Waals surface area contributed by atoms with E-state index in [9.17, 15) is 58.5 Å². The molecule has 0 aliphatic heterocycles. The minimum atomic E-state index is -1.54. The van der Waals surface area contributed by atoms with Gasteiger partial charge in [0.1, 0.15) is 19.5 Å². The zero-order valence-corrected chi connectivity index (χ0v) is 43.0. The topological polar surface area (TPSA) is 345 Å². The van der Waals surface area contributed by atoms with Gasteiger partial charge in [-0.3, -0.25) is 29.3 Å². The quantitative estimate of drug-likeness (QED) is 0.0305. The summed E-state index contributed by atoms with van der Waals surface area (Å²) in [5, 5.41) is 58.0. The molecule has 1 aliphatic carbocycles. The number of carbonyl (C=O) groups is 9. The predicted octanol–water partition coefficient (Wildman–Crippen LogP) is 3.76. The first-order chi connectivity index (χ1) is 36.2. The Morgan fingerprint density at radius 1 is 0.613 bits per heavy atom. The van der Waals surface area contributed by atoms with Gasteiger partial charge < -0.3 is 58.1 Å². The van der Waals surface area contributed by atoms with E-state index in [0.717, 1.165) is 33.9 Å². The van der Waals surface area contributed by atoms with Crippen molar-refractivity contribution >= 4 is 64.3 Å². The fourth-order valence-corrected chi connectivity index (χ4v) is 8.93. The van der Waals surface area contributed by atoms with Gasteiger partial charge in [-0.15, -0.1) is 0 Å². The Hall–Kier alpha value is -7.13. The highest BCUT2D eigenvalue weighted by atomic mass is 16.4. The van der Waals surface area contributed by atoms with E-state index in [1.807, 2.05) is 66.7 Å². The summed E-state index contributed by atoms with van der Waals surface area (Å²) in [7, 11) is 0. The summed E-state index contributed by atoms with van der Waals surface area (Å²) in [6.45, 7) is 6.68. The molecule has 0 radical (unpaired) electrons. The molecule has 1 fully saturated rings. The van der Waals surface area contributed by atoms with Gasteiger partial charge in [0, 0.05) is 31.8 Å². The minimum absolute atomic E-state index is 0.0632. The number of nitrogens with two attached hydrogens (primary N) is 1. The van der Waals surface area contributed by atoms with Gasteiger partial charge in [-0.05, 0) is 123 Å². The molecule has 6 amide bonds. The average Bonchev–Trinajstić information content (AvgIpc) is 3.38. The molecule has 4 rings (SSSR count). The van der Waals surface area contributed by atoms with Crippen LogP contribution in [0.25, 0.3) is 10.8 Å². The van der Waals surface area contributed by atoms with Gasteiger partial charge >= 0.3 is 29.9 Å². The number of rotatable bonds is 33. The van der Waals surface area contributed by atoms with E-state index in [2.05, 4.69) is 56.8 Å². The highest BCUT2D eigenvalue weighted by molar-refractivity contribution is 5.90. The Balaban J connectivity index is 1.21. The molecule has 21 nitrogen and oxygen atoms in total. The molecule has 1 aliphatic rings. The molecule has 0 saturated heterocycles. The van der Waals surface area contributed by atoms with Crippen LogP contribution >= 0.6 is 0 Å². The van der Waals surface area contributed by atoms with Crippen molar-refractivity contribution in [3.05, 3.63) is 83.4 Å². The molecule has 410 valence electrons. The van der Waals surface area contributed by atoms with Crippen molar-refractivity contribution in [1.29, 1.82) is 0 Å². The van der Waals surface area contributed by atoms with E-state index in [1.54, 1.807) is 6.92 Å². The van der Waals surface area contributed by atoms with Crippen molar-refractivity contribution in [1.82, 2.24) is 37.2 Å². The van der Waals surface area contributed by atoms with Crippen molar-refractivity contribution in [2.45, 2.75) is 147 Å².